The van der Waals surface area contributed by atoms with Gasteiger partial charge in [-0.05, 0) is 6.92 Å². The molecule has 5 heteroatoms. The summed E-state index contributed by atoms with van der Waals surface area (Å²) in [6.45, 7) is 3.77. The van der Waals surface area contributed by atoms with E-state index in [9.17, 15) is 0 Å². The van der Waals surface area contributed by atoms with Crippen molar-refractivity contribution < 1.29 is 9.11 Å². The van der Waals surface area contributed by atoms with Gasteiger partial charge < -0.3 is 0 Å². The molecule has 0 unspecified atom stereocenters. The van der Waals surface area contributed by atoms with E-state index in [2.05, 4.69) is 0 Å². The molecule has 0 rings (SSSR count). The second-order valence-corrected chi connectivity index (χ2v) is 8.05. The fourth-order valence-corrected chi connectivity index (χ4v) is 4.68. The summed E-state index contributed by atoms with van der Waals surface area (Å²) < 4.78 is 18.1. The lowest BCUT2D eigenvalue weighted by atomic mass is 11.0. The van der Waals surface area contributed by atoms with Crippen LogP contribution in [0.15, 0.2) is 0 Å². The highest BCUT2D eigenvalue weighted by atomic mass is 33.5. The lowest BCUT2D eigenvalue weighted by Crippen LogP contribution is -1.91. The Labute approximate surface area is 64.9 Å². The minimum Gasteiger partial charge on any atom is -0.289 e. The van der Waals surface area contributed by atoms with Crippen LogP contribution in [-0.4, -0.2) is 20.6 Å². The van der Waals surface area contributed by atoms with Crippen molar-refractivity contribution >= 4 is 30.2 Å². The second kappa shape index (κ2) is 4.73. The fourth-order valence-electron chi connectivity index (χ4n) is 0.173. The first-order valence-electron chi connectivity index (χ1n) is 2.69. The Bertz CT molecular complexity index is 76.2. The molecule has 0 bridgehead atoms. The summed E-state index contributed by atoms with van der Waals surface area (Å²) in [6.07, 6.45) is 0. The third-order valence-electron chi connectivity index (χ3n) is 0.651. The maximum atomic E-state index is 9.04. The third kappa shape index (κ3) is 5.42. The molecular weight excluding hydrogens is 176 g/mol. The minimum absolute atomic E-state index is 0.449. The molecule has 0 spiro atoms. The standard InChI is InChI=1S/C4H12O2S3/c1-3-7-8-9(5,6)4-2/h5-6H,3-4H2,1-2H3. The van der Waals surface area contributed by atoms with E-state index < -0.39 is 9.62 Å². The van der Waals surface area contributed by atoms with Crippen LogP contribution >= 0.6 is 30.2 Å². The predicted octanol–water partition coefficient (Wildman–Crippen LogP) is 3.07. The van der Waals surface area contributed by atoms with E-state index in [1.165, 1.54) is 20.6 Å². The highest BCUT2D eigenvalue weighted by Crippen LogP contribution is 2.57. The number of hydrogen-bond acceptors (Lipinski definition) is 4. The van der Waals surface area contributed by atoms with Gasteiger partial charge in [0, 0.05) is 21.3 Å². The molecule has 2 nitrogen and oxygen atoms in total. The van der Waals surface area contributed by atoms with Crippen LogP contribution in [-0.2, 0) is 0 Å². The van der Waals surface area contributed by atoms with Crippen molar-refractivity contribution in [3.63, 3.8) is 0 Å². The topological polar surface area (TPSA) is 40.5 Å². The van der Waals surface area contributed by atoms with Gasteiger partial charge in [-0.25, -0.2) is 0 Å². The molecule has 0 atom stereocenters. The zero-order valence-electron chi connectivity index (χ0n) is 5.53. The minimum atomic E-state index is -2.30. The summed E-state index contributed by atoms with van der Waals surface area (Å²) in [7, 11) is 0.381. The molecule has 0 saturated heterocycles. The zero-order valence-corrected chi connectivity index (χ0v) is 7.98. The highest BCUT2D eigenvalue weighted by molar-refractivity contribution is 9.16. The molecule has 0 heterocycles. The Morgan fingerprint density at radius 2 is 1.89 bits per heavy atom. The summed E-state index contributed by atoms with van der Waals surface area (Å²) in [5.41, 5.74) is 0. The largest absolute Gasteiger partial charge is 0.289 e. The van der Waals surface area contributed by atoms with Crippen molar-refractivity contribution in [2.24, 2.45) is 0 Å². The summed E-state index contributed by atoms with van der Waals surface area (Å²) in [4.78, 5) is 0. The predicted molar refractivity (Wildman–Crippen MR) is 49.1 cm³/mol. The van der Waals surface area contributed by atoms with Crippen LogP contribution in [0.25, 0.3) is 0 Å². The first-order chi connectivity index (χ1) is 4.12. The van der Waals surface area contributed by atoms with Gasteiger partial charge in [0.25, 0.3) is 0 Å². The molecule has 0 saturated carbocycles. The Morgan fingerprint density at radius 3 is 2.22 bits per heavy atom. The molecule has 0 fully saturated rings. The van der Waals surface area contributed by atoms with Crippen LogP contribution in [0.1, 0.15) is 13.8 Å². The molecule has 0 aromatic rings. The molecule has 0 aromatic heterocycles. The molecular formula is C4H12O2S3. The van der Waals surface area contributed by atoms with Crippen LogP contribution in [0, 0.1) is 0 Å². The molecule has 0 aliphatic carbocycles. The first kappa shape index (κ1) is 9.97. The van der Waals surface area contributed by atoms with E-state index in [0.717, 1.165) is 5.75 Å². The van der Waals surface area contributed by atoms with E-state index in [4.69, 9.17) is 9.11 Å². The van der Waals surface area contributed by atoms with Crippen molar-refractivity contribution in [3.05, 3.63) is 0 Å². The normalized spacial score (nSPS) is 13.8. The molecule has 0 aromatic carbocycles. The van der Waals surface area contributed by atoms with Gasteiger partial charge in [0.1, 0.15) is 0 Å². The van der Waals surface area contributed by atoms with Gasteiger partial charge in [-0.3, -0.25) is 9.11 Å². The molecule has 0 radical (unpaired) electrons. The van der Waals surface area contributed by atoms with Crippen LogP contribution in [0.4, 0.5) is 0 Å². The van der Waals surface area contributed by atoms with Gasteiger partial charge in [0.15, 0.2) is 0 Å². The van der Waals surface area contributed by atoms with Gasteiger partial charge in [0.05, 0.1) is 0 Å². The van der Waals surface area contributed by atoms with Crippen molar-refractivity contribution in [2.45, 2.75) is 13.8 Å². The second-order valence-electron chi connectivity index (χ2n) is 1.37. The quantitative estimate of drug-likeness (QED) is 0.665. The van der Waals surface area contributed by atoms with Gasteiger partial charge in [-0.15, -0.1) is 9.62 Å². The molecule has 0 aliphatic heterocycles. The fraction of sp³-hybridized carbons (Fsp3) is 1.00. The van der Waals surface area contributed by atoms with Crippen LogP contribution in [0.3, 0.4) is 0 Å². The number of rotatable bonds is 4. The molecule has 9 heavy (non-hydrogen) atoms. The summed E-state index contributed by atoms with van der Waals surface area (Å²) in [5, 5.41) is 0. The summed E-state index contributed by atoms with van der Waals surface area (Å²) in [5.74, 6) is 1.37. The average molecular weight is 188 g/mol. The monoisotopic (exact) mass is 188 g/mol. The van der Waals surface area contributed by atoms with E-state index in [-0.39, 0.29) is 0 Å². The molecule has 2 N–H and O–H groups in total. The van der Waals surface area contributed by atoms with Gasteiger partial charge in [-0.1, -0.05) is 17.7 Å². The molecule has 58 valence electrons. The smallest absolute Gasteiger partial charge is 0.0464 e. The highest BCUT2D eigenvalue weighted by Gasteiger charge is 2.08. The SMILES string of the molecule is CCSSS(O)(O)CC. The van der Waals surface area contributed by atoms with Crippen molar-refractivity contribution in [3.8, 4) is 0 Å². The van der Waals surface area contributed by atoms with Crippen LogP contribution < -0.4 is 0 Å². The van der Waals surface area contributed by atoms with Crippen molar-refractivity contribution in [2.75, 3.05) is 11.5 Å². The van der Waals surface area contributed by atoms with Crippen LogP contribution in [0.2, 0.25) is 0 Å². The first-order valence-corrected chi connectivity index (χ1v) is 7.24. The van der Waals surface area contributed by atoms with E-state index in [1.54, 1.807) is 6.92 Å². The Hall–Kier alpha value is 0.970. The Morgan fingerprint density at radius 1 is 1.33 bits per heavy atom. The van der Waals surface area contributed by atoms with Gasteiger partial charge in [-0.2, -0.15) is 0 Å². The summed E-state index contributed by atoms with van der Waals surface area (Å²) in [6, 6.07) is 0. The molecule has 0 aliphatic rings. The average Bonchev–Trinajstić information content (AvgIpc) is 1.84. The third-order valence-corrected chi connectivity index (χ3v) is 7.14. The molecule has 0 amide bonds. The van der Waals surface area contributed by atoms with Gasteiger partial charge in [0.2, 0.25) is 0 Å². The number of hydrogen-bond donors (Lipinski definition) is 2. The maximum Gasteiger partial charge on any atom is 0.0464 e. The zero-order chi connectivity index (χ0) is 7.33. The van der Waals surface area contributed by atoms with E-state index >= 15 is 0 Å². The van der Waals surface area contributed by atoms with Crippen molar-refractivity contribution in [1.29, 1.82) is 0 Å². The van der Waals surface area contributed by atoms with Crippen molar-refractivity contribution in [1.82, 2.24) is 0 Å². The Balaban J connectivity index is 3.33. The Kier molecular flexibility index (Phi) is 5.25. The van der Waals surface area contributed by atoms with Gasteiger partial charge >= 0.3 is 0 Å². The maximum absolute atomic E-state index is 9.04. The van der Waals surface area contributed by atoms with E-state index in [0.29, 0.717) is 5.75 Å². The van der Waals surface area contributed by atoms with Crippen LogP contribution in [0.5, 0.6) is 0 Å². The van der Waals surface area contributed by atoms with E-state index in [1.807, 2.05) is 6.92 Å². The lowest BCUT2D eigenvalue weighted by Gasteiger charge is -2.27. The lowest BCUT2D eigenvalue weighted by molar-refractivity contribution is 0.511. The summed E-state index contributed by atoms with van der Waals surface area (Å²) >= 11 is 0.